The van der Waals surface area contributed by atoms with E-state index in [1.165, 1.54) is 0 Å². The maximum absolute atomic E-state index is 10.8. The predicted octanol–water partition coefficient (Wildman–Crippen LogP) is -0.174. The summed E-state index contributed by atoms with van der Waals surface area (Å²) in [6.45, 7) is 5.51. The monoisotopic (exact) mass is 166 g/mol. The third kappa shape index (κ3) is 4.72. The van der Waals surface area contributed by atoms with Gasteiger partial charge in [-0.05, 0) is 5.41 Å². The smallest absolute Gasteiger partial charge is 0.224 e. The van der Waals surface area contributed by atoms with Crippen molar-refractivity contribution in [2.45, 2.75) is 20.8 Å². The molecule has 0 saturated heterocycles. The Morgan fingerprint density at radius 3 is 1.90 bits per heavy atom. The van der Waals surface area contributed by atoms with E-state index < -0.39 is 10.0 Å². The number of rotatable bonds is 2. The van der Waals surface area contributed by atoms with Gasteiger partial charge in [0.05, 0.1) is 5.75 Å². The molecule has 0 aromatic carbocycles. The molecule has 62 valence electrons. The second-order valence-electron chi connectivity index (χ2n) is 3.44. The van der Waals surface area contributed by atoms with Gasteiger partial charge in [-0.3, -0.25) is 5.84 Å². The Kier molecular flexibility index (Phi) is 2.82. The first-order valence-corrected chi connectivity index (χ1v) is 4.62. The van der Waals surface area contributed by atoms with Crippen LogP contribution in [0, 0.1) is 5.41 Å². The molecule has 5 heteroatoms. The van der Waals surface area contributed by atoms with Gasteiger partial charge >= 0.3 is 0 Å². The lowest BCUT2D eigenvalue weighted by molar-refractivity contribution is 0.458. The van der Waals surface area contributed by atoms with Crippen LogP contribution in [0.5, 0.6) is 0 Å². The van der Waals surface area contributed by atoms with E-state index in [1.807, 2.05) is 20.8 Å². The molecule has 0 aliphatic rings. The van der Waals surface area contributed by atoms with Gasteiger partial charge in [-0.15, -0.1) is 0 Å². The van der Waals surface area contributed by atoms with Crippen molar-refractivity contribution < 1.29 is 8.42 Å². The number of hydrogen-bond acceptors (Lipinski definition) is 3. The zero-order chi connectivity index (χ0) is 8.41. The molecule has 3 N–H and O–H groups in total. The molecule has 10 heavy (non-hydrogen) atoms. The first-order chi connectivity index (χ1) is 4.27. The molecule has 0 rings (SSSR count). The van der Waals surface area contributed by atoms with E-state index in [1.54, 1.807) is 4.83 Å². The summed E-state index contributed by atoms with van der Waals surface area (Å²) < 4.78 is 21.6. The van der Waals surface area contributed by atoms with Gasteiger partial charge in [-0.1, -0.05) is 20.8 Å². The number of nitrogens with one attached hydrogen (secondary N) is 1. The Bertz CT molecular complexity index is 190. The minimum Gasteiger partial charge on any atom is -0.258 e. The van der Waals surface area contributed by atoms with Crippen LogP contribution in [0.25, 0.3) is 0 Å². The quantitative estimate of drug-likeness (QED) is 0.442. The molecule has 0 aromatic rings. The predicted molar refractivity (Wildman–Crippen MR) is 40.6 cm³/mol. The summed E-state index contributed by atoms with van der Waals surface area (Å²) in [7, 11) is -3.25. The van der Waals surface area contributed by atoms with Crippen LogP contribution < -0.4 is 10.7 Å². The van der Waals surface area contributed by atoms with E-state index in [0.29, 0.717) is 0 Å². The molecule has 0 aliphatic heterocycles. The first kappa shape index (κ1) is 9.87. The van der Waals surface area contributed by atoms with E-state index in [2.05, 4.69) is 0 Å². The Morgan fingerprint density at radius 2 is 1.80 bits per heavy atom. The summed E-state index contributed by atoms with van der Waals surface area (Å²) >= 11 is 0. The SMILES string of the molecule is CC(C)(C)CS(=O)(=O)NN. The lowest BCUT2D eigenvalue weighted by Crippen LogP contribution is -2.36. The third-order valence-electron chi connectivity index (χ3n) is 0.803. The number of sulfonamides is 1. The van der Waals surface area contributed by atoms with E-state index in [-0.39, 0.29) is 11.2 Å². The maximum atomic E-state index is 10.8. The van der Waals surface area contributed by atoms with Gasteiger partial charge in [0.15, 0.2) is 0 Å². The molecule has 0 radical (unpaired) electrons. The van der Waals surface area contributed by atoms with Crippen LogP contribution in [0.15, 0.2) is 0 Å². The molecule has 0 heterocycles. The van der Waals surface area contributed by atoms with Crippen LogP contribution in [-0.4, -0.2) is 14.2 Å². The first-order valence-electron chi connectivity index (χ1n) is 2.97. The molecule has 0 fully saturated rings. The van der Waals surface area contributed by atoms with Crippen molar-refractivity contribution in [2.75, 3.05) is 5.75 Å². The van der Waals surface area contributed by atoms with Crippen LogP contribution in [0.4, 0.5) is 0 Å². The van der Waals surface area contributed by atoms with Crippen LogP contribution >= 0.6 is 0 Å². The molecule has 4 nitrogen and oxygen atoms in total. The highest BCUT2D eigenvalue weighted by atomic mass is 32.2. The highest BCUT2D eigenvalue weighted by Gasteiger charge is 2.19. The zero-order valence-electron chi connectivity index (χ0n) is 6.51. The van der Waals surface area contributed by atoms with E-state index in [0.717, 1.165) is 0 Å². The second kappa shape index (κ2) is 2.86. The second-order valence-corrected chi connectivity index (χ2v) is 5.19. The average Bonchev–Trinajstić information content (AvgIpc) is 1.60. The van der Waals surface area contributed by atoms with Crippen molar-refractivity contribution in [1.82, 2.24) is 4.83 Å². The maximum Gasteiger partial charge on any atom is 0.224 e. The zero-order valence-corrected chi connectivity index (χ0v) is 7.33. The van der Waals surface area contributed by atoms with E-state index in [9.17, 15) is 8.42 Å². The van der Waals surface area contributed by atoms with E-state index in [4.69, 9.17) is 5.84 Å². The summed E-state index contributed by atoms with van der Waals surface area (Å²) in [5.41, 5.74) is -0.245. The minimum atomic E-state index is -3.25. The number of hydrogen-bond donors (Lipinski definition) is 2. The van der Waals surface area contributed by atoms with Gasteiger partial charge in [0.1, 0.15) is 0 Å². The van der Waals surface area contributed by atoms with Gasteiger partial charge in [-0.2, -0.15) is 4.83 Å². The highest BCUT2D eigenvalue weighted by molar-refractivity contribution is 7.89. The van der Waals surface area contributed by atoms with E-state index >= 15 is 0 Å². The van der Waals surface area contributed by atoms with Gasteiger partial charge in [0.25, 0.3) is 0 Å². The third-order valence-corrected chi connectivity index (χ3v) is 2.41. The Morgan fingerprint density at radius 1 is 1.40 bits per heavy atom. The number of nitrogens with two attached hydrogens (primary N) is 1. The van der Waals surface area contributed by atoms with Crippen molar-refractivity contribution in [3.05, 3.63) is 0 Å². The van der Waals surface area contributed by atoms with Crippen molar-refractivity contribution in [2.24, 2.45) is 11.3 Å². The van der Waals surface area contributed by atoms with Gasteiger partial charge in [-0.25, -0.2) is 8.42 Å². The molecule has 0 unspecified atom stereocenters. The summed E-state index contributed by atoms with van der Waals surface area (Å²) in [5, 5.41) is 0. The van der Waals surface area contributed by atoms with Crippen molar-refractivity contribution in [3.63, 3.8) is 0 Å². The minimum absolute atomic E-state index is 0.0521. The van der Waals surface area contributed by atoms with Crippen LogP contribution in [-0.2, 0) is 10.0 Å². The van der Waals surface area contributed by atoms with Crippen molar-refractivity contribution in [3.8, 4) is 0 Å². The summed E-state index contributed by atoms with van der Waals surface area (Å²) in [6, 6.07) is 0. The fraction of sp³-hybridized carbons (Fsp3) is 1.00. The molecule has 0 atom stereocenters. The molecular weight excluding hydrogens is 152 g/mol. The molecule has 0 aliphatic carbocycles. The molecular formula is C5H14N2O2S. The Balaban J connectivity index is 4.18. The van der Waals surface area contributed by atoms with Crippen LogP contribution in [0.2, 0.25) is 0 Å². The molecule has 0 amide bonds. The van der Waals surface area contributed by atoms with Crippen LogP contribution in [0.3, 0.4) is 0 Å². The van der Waals surface area contributed by atoms with Crippen molar-refractivity contribution in [1.29, 1.82) is 0 Å². The van der Waals surface area contributed by atoms with Crippen LogP contribution in [0.1, 0.15) is 20.8 Å². The summed E-state index contributed by atoms with van der Waals surface area (Å²) in [5.74, 6) is 4.83. The fourth-order valence-corrected chi connectivity index (χ4v) is 1.84. The normalized spacial score (nSPS) is 13.6. The lowest BCUT2D eigenvalue weighted by Gasteiger charge is -2.16. The largest absolute Gasteiger partial charge is 0.258 e. The molecule has 0 saturated carbocycles. The molecule has 0 spiro atoms. The Labute approximate surface area is 61.8 Å². The summed E-state index contributed by atoms with van der Waals surface area (Å²) in [4.78, 5) is 1.77. The fourth-order valence-electron chi connectivity index (χ4n) is 0.612. The lowest BCUT2D eigenvalue weighted by atomic mass is 10.0. The van der Waals surface area contributed by atoms with Crippen molar-refractivity contribution >= 4 is 10.0 Å². The standard InChI is InChI=1S/C5H14N2O2S/c1-5(2,3)4-10(8,9)7-6/h7H,4,6H2,1-3H3. The number of hydrazine groups is 1. The highest BCUT2D eigenvalue weighted by Crippen LogP contribution is 2.14. The molecule has 0 bridgehead atoms. The summed E-state index contributed by atoms with van der Waals surface area (Å²) in [6.07, 6.45) is 0. The van der Waals surface area contributed by atoms with Gasteiger partial charge in [0, 0.05) is 0 Å². The Hall–Kier alpha value is -0.130. The molecule has 0 aromatic heterocycles. The van der Waals surface area contributed by atoms with Gasteiger partial charge < -0.3 is 0 Å². The van der Waals surface area contributed by atoms with Gasteiger partial charge in [0.2, 0.25) is 10.0 Å². The average molecular weight is 166 g/mol. The topological polar surface area (TPSA) is 72.2 Å².